The van der Waals surface area contributed by atoms with Crippen LogP contribution in [0.15, 0.2) is 58.2 Å². The minimum atomic E-state index is -4.04. The van der Waals surface area contributed by atoms with E-state index in [1.54, 1.807) is 38.2 Å². The van der Waals surface area contributed by atoms with Gasteiger partial charge < -0.3 is 14.8 Å². The Morgan fingerprint density at radius 3 is 2.57 bits per heavy atom. The van der Waals surface area contributed by atoms with Gasteiger partial charge in [0.2, 0.25) is 10.0 Å². The third-order valence-corrected chi connectivity index (χ3v) is 7.58. The molecule has 196 valence electrons. The van der Waals surface area contributed by atoms with E-state index >= 15 is 0 Å². The van der Waals surface area contributed by atoms with Gasteiger partial charge in [-0.3, -0.25) is 9.48 Å². The van der Waals surface area contributed by atoms with Gasteiger partial charge in [-0.1, -0.05) is 43.7 Å². The number of aliphatic hydroxyl groups is 1. The van der Waals surface area contributed by atoms with Crippen LogP contribution in [-0.2, 0) is 23.5 Å². The minimum Gasteiger partial charge on any atom is -0.493 e. The number of aromatic amines is 1. The Bertz CT molecular complexity index is 1560. The number of aliphatic hydroxyl groups excluding tert-OH is 1. The SMILES string of the molecule is CCCc1nn(C)c2c(=O)[nH]c(-c3cc(S(=O)(=O)NC(C)C(O)c4ccccc4)ccc3OCC)nc12. The lowest BCUT2D eigenvalue weighted by Crippen LogP contribution is -2.37. The summed E-state index contributed by atoms with van der Waals surface area (Å²) in [4.78, 5) is 20.3. The molecule has 2 aromatic heterocycles. The van der Waals surface area contributed by atoms with E-state index in [1.807, 2.05) is 19.9 Å². The van der Waals surface area contributed by atoms with Crippen LogP contribution < -0.4 is 15.0 Å². The molecule has 2 aromatic carbocycles. The van der Waals surface area contributed by atoms with Gasteiger partial charge in [0.1, 0.15) is 17.1 Å². The molecule has 0 spiro atoms. The molecule has 0 fully saturated rings. The van der Waals surface area contributed by atoms with Crippen LogP contribution in [0.1, 0.15) is 44.6 Å². The van der Waals surface area contributed by atoms with E-state index < -0.39 is 22.2 Å². The van der Waals surface area contributed by atoms with Crippen LogP contribution >= 0.6 is 0 Å². The van der Waals surface area contributed by atoms with E-state index in [-0.39, 0.29) is 16.3 Å². The van der Waals surface area contributed by atoms with Crippen molar-refractivity contribution in [1.29, 1.82) is 0 Å². The lowest BCUT2D eigenvalue weighted by molar-refractivity contribution is 0.146. The Kier molecular flexibility index (Phi) is 7.76. The van der Waals surface area contributed by atoms with Crippen LogP contribution in [0.4, 0.5) is 0 Å². The van der Waals surface area contributed by atoms with Gasteiger partial charge in [0.25, 0.3) is 5.56 Å². The third kappa shape index (κ3) is 5.43. The molecule has 4 rings (SSSR count). The van der Waals surface area contributed by atoms with E-state index in [1.165, 1.54) is 22.9 Å². The Balaban J connectivity index is 1.76. The number of fused-ring (bicyclic) bond motifs is 1. The fourth-order valence-corrected chi connectivity index (χ4v) is 5.51. The van der Waals surface area contributed by atoms with Crippen LogP contribution in [0.25, 0.3) is 22.4 Å². The topological polar surface area (TPSA) is 139 Å². The summed E-state index contributed by atoms with van der Waals surface area (Å²) in [6.45, 7) is 5.74. The molecule has 0 aliphatic rings. The Morgan fingerprint density at radius 2 is 1.89 bits per heavy atom. The molecule has 37 heavy (non-hydrogen) atoms. The number of aryl methyl sites for hydroxylation is 2. The highest BCUT2D eigenvalue weighted by Gasteiger charge is 2.25. The second-order valence-electron chi connectivity index (χ2n) is 8.79. The summed E-state index contributed by atoms with van der Waals surface area (Å²) in [6, 6.07) is 12.4. The van der Waals surface area contributed by atoms with Gasteiger partial charge in [0.05, 0.1) is 28.9 Å². The first-order valence-electron chi connectivity index (χ1n) is 12.1. The van der Waals surface area contributed by atoms with Crippen LogP contribution in [-0.4, -0.2) is 45.9 Å². The molecule has 0 aliphatic heterocycles. The van der Waals surface area contributed by atoms with Crippen molar-refractivity contribution in [3.63, 3.8) is 0 Å². The summed E-state index contributed by atoms with van der Waals surface area (Å²) in [7, 11) is -2.35. The molecule has 0 saturated carbocycles. The zero-order chi connectivity index (χ0) is 26.7. The number of nitrogens with one attached hydrogen (secondary N) is 2. The number of ether oxygens (including phenoxy) is 1. The van der Waals surface area contributed by atoms with E-state index in [0.29, 0.717) is 46.6 Å². The predicted octanol–water partition coefficient (Wildman–Crippen LogP) is 3.08. The quantitative estimate of drug-likeness (QED) is 0.289. The molecule has 3 N–H and O–H groups in total. The highest BCUT2D eigenvalue weighted by Crippen LogP contribution is 2.31. The van der Waals surface area contributed by atoms with Crippen LogP contribution in [0, 0.1) is 0 Å². The molecule has 10 nitrogen and oxygen atoms in total. The molecule has 11 heteroatoms. The van der Waals surface area contributed by atoms with E-state index in [0.717, 1.165) is 6.42 Å². The first-order valence-corrected chi connectivity index (χ1v) is 13.6. The molecule has 0 radical (unpaired) electrons. The molecule has 2 heterocycles. The molecule has 4 aromatic rings. The number of benzene rings is 2. The van der Waals surface area contributed by atoms with Gasteiger partial charge in [-0.25, -0.2) is 18.1 Å². The fraction of sp³-hybridized carbons (Fsp3) is 0.346. The van der Waals surface area contributed by atoms with Gasteiger partial charge >= 0.3 is 0 Å². The van der Waals surface area contributed by atoms with Gasteiger partial charge in [-0.2, -0.15) is 5.10 Å². The second kappa shape index (κ2) is 10.8. The maximum absolute atomic E-state index is 13.3. The molecular weight excluding hydrogens is 494 g/mol. The average molecular weight is 526 g/mol. The Labute approximate surface area is 215 Å². The summed E-state index contributed by atoms with van der Waals surface area (Å²) in [5.41, 5.74) is 2.05. The summed E-state index contributed by atoms with van der Waals surface area (Å²) in [5.74, 6) is 0.558. The molecule has 0 saturated heterocycles. The highest BCUT2D eigenvalue weighted by molar-refractivity contribution is 7.89. The van der Waals surface area contributed by atoms with Crippen molar-refractivity contribution in [3.8, 4) is 17.1 Å². The summed E-state index contributed by atoms with van der Waals surface area (Å²) >= 11 is 0. The maximum atomic E-state index is 13.3. The largest absolute Gasteiger partial charge is 0.493 e. The van der Waals surface area contributed by atoms with Gasteiger partial charge in [-0.05, 0) is 44.0 Å². The summed E-state index contributed by atoms with van der Waals surface area (Å²) in [5, 5.41) is 15.1. The van der Waals surface area contributed by atoms with Crippen molar-refractivity contribution in [3.05, 3.63) is 70.1 Å². The zero-order valence-corrected chi connectivity index (χ0v) is 22.0. The normalized spacial score (nSPS) is 13.5. The number of aromatic nitrogens is 4. The van der Waals surface area contributed by atoms with Crippen LogP contribution in [0.2, 0.25) is 0 Å². The lowest BCUT2D eigenvalue weighted by Gasteiger charge is -2.21. The molecular formula is C26H31N5O5S. The predicted molar refractivity (Wildman–Crippen MR) is 141 cm³/mol. The standard InChI is InChI=1S/C26H31N5O5S/c1-5-10-20-22-23(31(4)29-20)26(33)28-25(27-22)19-15-18(13-14-21(19)36-6-2)37(34,35)30-16(3)24(32)17-11-8-7-9-12-17/h7-9,11-16,24,30,32H,5-6,10H2,1-4H3,(H,27,28,33). The number of hydrogen-bond acceptors (Lipinski definition) is 7. The van der Waals surface area contributed by atoms with Crippen molar-refractivity contribution in [2.75, 3.05) is 6.61 Å². The lowest BCUT2D eigenvalue weighted by atomic mass is 10.0. The third-order valence-electron chi connectivity index (χ3n) is 6.02. The molecule has 0 amide bonds. The zero-order valence-electron chi connectivity index (χ0n) is 21.2. The first-order chi connectivity index (χ1) is 17.7. The molecule has 2 atom stereocenters. The number of H-pyrrole nitrogens is 1. The monoisotopic (exact) mass is 525 g/mol. The molecule has 0 bridgehead atoms. The number of nitrogens with zero attached hydrogens (tertiary/aromatic N) is 3. The molecule has 0 aliphatic carbocycles. The van der Waals surface area contributed by atoms with Crippen molar-refractivity contribution in [1.82, 2.24) is 24.5 Å². The second-order valence-corrected chi connectivity index (χ2v) is 10.5. The van der Waals surface area contributed by atoms with Crippen molar-refractivity contribution >= 4 is 21.1 Å². The minimum absolute atomic E-state index is 0.0548. The maximum Gasteiger partial charge on any atom is 0.277 e. The number of rotatable bonds is 10. The van der Waals surface area contributed by atoms with Crippen molar-refractivity contribution in [2.24, 2.45) is 7.05 Å². The van der Waals surface area contributed by atoms with E-state index in [4.69, 9.17) is 4.74 Å². The first kappa shape index (κ1) is 26.5. The van der Waals surface area contributed by atoms with Gasteiger partial charge in [-0.15, -0.1) is 0 Å². The highest BCUT2D eigenvalue weighted by atomic mass is 32.2. The summed E-state index contributed by atoms with van der Waals surface area (Å²) in [6.07, 6.45) is 0.430. The smallest absolute Gasteiger partial charge is 0.277 e. The number of hydrogen-bond donors (Lipinski definition) is 3. The summed E-state index contributed by atoms with van der Waals surface area (Å²) < 4.78 is 36.4. The van der Waals surface area contributed by atoms with Crippen LogP contribution in [0.5, 0.6) is 5.75 Å². The Hall–Kier alpha value is -3.54. The van der Waals surface area contributed by atoms with Gasteiger partial charge in [0, 0.05) is 13.1 Å². The van der Waals surface area contributed by atoms with E-state index in [2.05, 4.69) is 19.8 Å². The number of sulfonamides is 1. The van der Waals surface area contributed by atoms with Crippen molar-refractivity contribution < 1.29 is 18.3 Å². The molecule has 2 unspecified atom stereocenters. The van der Waals surface area contributed by atoms with Crippen molar-refractivity contribution in [2.45, 2.75) is 50.7 Å². The fourth-order valence-electron chi connectivity index (χ4n) is 4.24. The van der Waals surface area contributed by atoms with Gasteiger partial charge in [0.15, 0.2) is 5.52 Å². The Morgan fingerprint density at radius 1 is 1.16 bits per heavy atom. The average Bonchev–Trinajstić information content (AvgIpc) is 3.19. The van der Waals surface area contributed by atoms with Crippen LogP contribution in [0.3, 0.4) is 0 Å². The van der Waals surface area contributed by atoms with E-state index in [9.17, 15) is 18.3 Å².